The van der Waals surface area contributed by atoms with Crippen LogP contribution in [0.5, 0.6) is 0 Å². The molecule has 1 atom stereocenters. The van der Waals surface area contributed by atoms with Gasteiger partial charge < -0.3 is 9.47 Å². The van der Waals surface area contributed by atoms with Crippen molar-refractivity contribution in [2.75, 3.05) is 13.7 Å². The van der Waals surface area contributed by atoms with Crippen LogP contribution in [-0.2, 0) is 9.47 Å². The molecule has 10 heavy (non-hydrogen) atoms. The van der Waals surface area contributed by atoms with Gasteiger partial charge >= 0.3 is 0 Å². The predicted molar refractivity (Wildman–Crippen MR) is 39.8 cm³/mol. The molecule has 1 aliphatic heterocycles. The summed E-state index contributed by atoms with van der Waals surface area (Å²) in [6.45, 7) is 7.16. The molecule has 0 aromatic rings. The van der Waals surface area contributed by atoms with Gasteiger partial charge in [-0.2, -0.15) is 0 Å². The first-order valence-corrected chi connectivity index (χ1v) is 3.71. The van der Waals surface area contributed by atoms with Crippen molar-refractivity contribution >= 4 is 0 Å². The lowest BCUT2D eigenvalue weighted by molar-refractivity contribution is -0.224. The van der Waals surface area contributed by atoms with Crippen LogP contribution >= 0.6 is 0 Å². The van der Waals surface area contributed by atoms with Crippen LogP contribution in [-0.4, -0.2) is 19.5 Å². The molecule has 0 aromatic carbocycles. The summed E-state index contributed by atoms with van der Waals surface area (Å²) in [7, 11) is 1.70. The molecule has 0 radical (unpaired) electrons. The second-order valence-corrected chi connectivity index (χ2v) is 3.63. The summed E-state index contributed by atoms with van der Waals surface area (Å²) in [4.78, 5) is 0. The highest BCUT2D eigenvalue weighted by molar-refractivity contribution is 4.88. The molecule has 1 fully saturated rings. The summed E-state index contributed by atoms with van der Waals surface area (Å²) in [6.07, 6.45) is 1.08. The van der Waals surface area contributed by atoms with E-state index in [4.69, 9.17) is 9.47 Å². The van der Waals surface area contributed by atoms with E-state index in [9.17, 15) is 0 Å². The molecule has 1 heterocycles. The third-order valence-electron chi connectivity index (χ3n) is 2.72. The summed E-state index contributed by atoms with van der Waals surface area (Å²) in [6, 6.07) is 0. The smallest absolute Gasteiger partial charge is 0.170 e. The minimum Gasteiger partial charge on any atom is -0.353 e. The fourth-order valence-electron chi connectivity index (χ4n) is 1.26. The SMILES string of the molecule is COC1(C)OCCC1(C)C. The van der Waals surface area contributed by atoms with Crippen molar-refractivity contribution < 1.29 is 9.47 Å². The Bertz CT molecular complexity index is 131. The zero-order chi connectivity index (χ0) is 7.83. The van der Waals surface area contributed by atoms with Crippen LogP contribution in [0, 0.1) is 5.41 Å². The molecule has 2 heteroatoms. The topological polar surface area (TPSA) is 18.5 Å². The van der Waals surface area contributed by atoms with E-state index in [1.807, 2.05) is 6.92 Å². The molecular formula is C8H16O2. The molecule has 1 saturated heterocycles. The highest BCUT2D eigenvalue weighted by Crippen LogP contribution is 2.42. The molecule has 0 saturated carbocycles. The molecule has 0 N–H and O–H groups in total. The van der Waals surface area contributed by atoms with Crippen LogP contribution in [0.4, 0.5) is 0 Å². The molecule has 0 amide bonds. The number of hydrogen-bond acceptors (Lipinski definition) is 2. The second kappa shape index (κ2) is 2.21. The van der Waals surface area contributed by atoms with Gasteiger partial charge in [-0.05, 0) is 13.3 Å². The van der Waals surface area contributed by atoms with E-state index in [1.165, 1.54) is 0 Å². The molecule has 1 unspecified atom stereocenters. The van der Waals surface area contributed by atoms with Gasteiger partial charge in [-0.15, -0.1) is 0 Å². The van der Waals surface area contributed by atoms with Gasteiger partial charge in [-0.25, -0.2) is 0 Å². The Kier molecular flexibility index (Phi) is 1.77. The number of methoxy groups -OCH3 is 1. The third kappa shape index (κ3) is 0.956. The van der Waals surface area contributed by atoms with Gasteiger partial charge in [0.2, 0.25) is 0 Å². The molecule has 0 aliphatic carbocycles. The molecule has 0 bridgehead atoms. The number of hydrogen-bond donors (Lipinski definition) is 0. The molecule has 1 rings (SSSR count). The Morgan fingerprint density at radius 1 is 1.30 bits per heavy atom. The lowest BCUT2D eigenvalue weighted by atomic mass is 9.83. The summed E-state index contributed by atoms with van der Waals surface area (Å²) < 4.78 is 10.8. The zero-order valence-corrected chi connectivity index (χ0v) is 7.23. The summed E-state index contributed by atoms with van der Waals surface area (Å²) in [5.74, 6) is -0.368. The van der Waals surface area contributed by atoms with Gasteiger partial charge in [0.15, 0.2) is 5.79 Å². The molecule has 2 nitrogen and oxygen atoms in total. The third-order valence-corrected chi connectivity index (χ3v) is 2.72. The normalized spacial score (nSPS) is 38.4. The average Bonchev–Trinajstić information content (AvgIpc) is 2.10. The summed E-state index contributed by atoms with van der Waals surface area (Å²) in [5.41, 5.74) is 0.155. The van der Waals surface area contributed by atoms with E-state index in [0.29, 0.717) is 0 Å². The monoisotopic (exact) mass is 144 g/mol. The molecule has 0 spiro atoms. The Balaban J connectivity index is 2.76. The highest BCUT2D eigenvalue weighted by Gasteiger charge is 2.46. The molecule has 0 aromatic heterocycles. The van der Waals surface area contributed by atoms with Crippen molar-refractivity contribution in [2.24, 2.45) is 5.41 Å². The first-order chi connectivity index (χ1) is 4.52. The van der Waals surface area contributed by atoms with E-state index < -0.39 is 0 Å². The van der Waals surface area contributed by atoms with Gasteiger partial charge in [0, 0.05) is 12.5 Å². The van der Waals surface area contributed by atoms with E-state index in [-0.39, 0.29) is 11.2 Å². The lowest BCUT2D eigenvalue weighted by Crippen LogP contribution is -2.39. The van der Waals surface area contributed by atoms with Crippen molar-refractivity contribution in [3.63, 3.8) is 0 Å². The van der Waals surface area contributed by atoms with Gasteiger partial charge in [-0.1, -0.05) is 13.8 Å². The molecule has 60 valence electrons. The Hall–Kier alpha value is -0.0800. The zero-order valence-electron chi connectivity index (χ0n) is 7.23. The first kappa shape index (κ1) is 8.02. The fraction of sp³-hybridized carbons (Fsp3) is 1.00. The van der Waals surface area contributed by atoms with E-state index in [0.717, 1.165) is 13.0 Å². The molecular weight excluding hydrogens is 128 g/mol. The first-order valence-electron chi connectivity index (χ1n) is 3.71. The highest BCUT2D eigenvalue weighted by atomic mass is 16.7. The average molecular weight is 144 g/mol. The standard InChI is InChI=1S/C8H16O2/c1-7(2)5-6-10-8(7,3)9-4/h5-6H2,1-4H3. The molecule has 1 aliphatic rings. The van der Waals surface area contributed by atoms with Crippen molar-refractivity contribution in [1.82, 2.24) is 0 Å². The Labute approximate surface area is 62.5 Å². The van der Waals surface area contributed by atoms with Crippen LogP contribution in [0.3, 0.4) is 0 Å². The Morgan fingerprint density at radius 3 is 2.10 bits per heavy atom. The van der Waals surface area contributed by atoms with Gasteiger partial charge in [0.05, 0.1) is 6.61 Å². The maximum Gasteiger partial charge on any atom is 0.170 e. The Morgan fingerprint density at radius 2 is 1.90 bits per heavy atom. The van der Waals surface area contributed by atoms with Crippen LogP contribution < -0.4 is 0 Å². The predicted octanol–water partition coefficient (Wildman–Crippen LogP) is 1.80. The lowest BCUT2D eigenvalue weighted by Gasteiger charge is -2.34. The van der Waals surface area contributed by atoms with Crippen LogP contribution in [0.2, 0.25) is 0 Å². The van der Waals surface area contributed by atoms with Crippen molar-refractivity contribution in [1.29, 1.82) is 0 Å². The largest absolute Gasteiger partial charge is 0.353 e. The van der Waals surface area contributed by atoms with E-state index in [1.54, 1.807) is 7.11 Å². The fourth-order valence-corrected chi connectivity index (χ4v) is 1.26. The summed E-state index contributed by atoms with van der Waals surface area (Å²) in [5, 5.41) is 0. The van der Waals surface area contributed by atoms with Crippen LogP contribution in [0.1, 0.15) is 27.2 Å². The van der Waals surface area contributed by atoms with E-state index in [2.05, 4.69) is 13.8 Å². The van der Waals surface area contributed by atoms with Crippen molar-refractivity contribution in [3.05, 3.63) is 0 Å². The maximum absolute atomic E-state index is 5.48. The maximum atomic E-state index is 5.48. The number of rotatable bonds is 1. The minimum atomic E-state index is -0.368. The van der Waals surface area contributed by atoms with Crippen LogP contribution in [0.15, 0.2) is 0 Å². The van der Waals surface area contributed by atoms with Crippen LogP contribution in [0.25, 0.3) is 0 Å². The van der Waals surface area contributed by atoms with Gasteiger partial charge in [-0.3, -0.25) is 0 Å². The second-order valence-electron chi connectivity index (χ2n) is 3.63. The minimum absolute atomic E-state index is 0.155. The van der Waals surface area contributed by atoms with Gasteiger partial charge in [0.1, 0.15) is 0 Å². The summed E-state index contributed by atoms with van der Waals surface area (Å²) >= 11 is 0. The quantitative estimate of drug-likeness (QED) is 0.558. The number of ether oxygens (including phenoxy) is 2. The van der Waals surface area contributed by atoms with Gasteiger partial charge in [0.25, 0.3) is 0 Å². The van der Waals surface area contributed by atoms with E-state index >= 15 is 0 Å². The van der Waals surface area contributed by atoms with Crippen molar-refractivity contribution in [2.45, 2.75) is 33.0 Å². The van der Waals surface area contributed by atoms with Crippen molar-refractivity contribution in [3.8, 4) is 0 Å².